The molecule has 0 spiro atoms. The maximum absolute atomic E-state index is 12.2. The summed E-state index contributed by atoms with van der Waals surface area (Å²) in [7, 11) is 0. The first-order chi connectivity index (χ1) is 7.23. The summed E-state index contributed by atoms with van der Waals surface area (Å²) in [5.74, 6) is -1.13. The molecule has 0 aromatic rings. The third-order valence-corrected chi connectivity index (χ3v) is 0.917. The van der Waals surface area contributed by atoms with E-state index in [1.807, 2.05) is 0 Å². The van der Waals surface area contributed by atoms with Crippen LogP contribution in [0.15, 0.2) is 20.4 Å². The molecule has 0 aromatic carbocycles. The average molecular weight is 238 g/mol. The summed E-state index contributed by atoms with van der Waals surface area (Å²) in [6.45, 7) is 0. The number of guanidine groups is 2. The molecule has 0 amide bonds. The van der Waals surface area contributed by atoms with Crippen LogP contribution in [0, 0.1) is 0 Å². The lowest BCUT2D eigenvalue weighted by atomic mass is 10.4. The van der Waals surface area contributed by atoms with E-state index in [0.717, 1.165) is 0 Å². The van der Waals surface area contributed by atoms with Crippen molar-refractivity contribution in [2.24, 2.45) is 43.3 Å². The molecule has 0 unspecified atom stereocenters. The standard InChI is InChI=1S/C5H9F3N8/c6-5(7,8)2(14-16-4(11)12)1-13-15-3(9)10/h1H,(H4,9,10,15)(H4,11,12,16)/b13-1-,14-2-. The Morgan fingerprint density at radius 1 is 0.875 bits per heavy atom. The first-order valence-corrected chi connectivity index (χ1v) is 3.59. The monoisotopic (exact) mass is 238 g/mol. The normalized spacial score (nSPS) is 12.6. The molecule has 0 aliphatic carbocycles. The molecule has 0 radical (unpaired) electrons. The molecule has 16 heavy (non-hydrogen) atoms. The Bertz CT molecular complexity index is 343. The van der Waals surface area contributed by atoms with Gasteiger partial charge in [-0.05, 0) is 0 Å². The number of alkyl halides is 3. The van der Waals surface area contributed by atoms with Crippen molar-refractivity contribution >= 4 is 23.8 Å². The van der Waals surface area contributed by atoms with Gasteiger partial charge in [0, 0.05) is 0 Å². The summed E-state index contributed by atoms with van der Waals surface area (Å²) in [4.78, 5) is 0. The van der Waals surface area contributed by atoms with Crippen LogP contribution in [0.3, 0.4) is 0 Å². The predicted octanol–water partition coefficient (Wildman–Crippen LogP) is -1.56. The van der Waals surface area contributed by atoms with E-state index in [2.05, 4.69) is 20.4 Å². The second kappa shape index (κ2) is 5.53. The SMILES string of the molecule is NC(N)=N/N=C\C(=N\N=C(N)N)C(F)(F)F. The van der Waals surface area contributed by atoms with Crippen molar-refractivity contribution in [1.82, 2.24) is 0 Å². The van der Waals surface area contributed by atoms with Gasteiger partial charge in [0.2, 0.25) is 11.9 Å². The van der Waals surface area contributed by atoms with Crippen molar-refractivity contribution in [3.63, 3.8) is 0 Å². The summed E-state index contributed by atoms with van der Waals surface area (Å²) in [6, 6.07) is 0. The van der Waals surface area contributed by atoms with Crippen LogP contribution in [0.4, 0.5) is 13.2 Å². The zero-order valence-electron chi connectivity index (χ0n) is 7.81. The Kier molecular flexibility index (Phi) is 4.72. The van der Waals surface area contributed by atoms with Crippen LogP contribution in [-0.4, -0.2) is 30.0 Å². The molecular weight excluding hydrogens is 229 g/mol. The van der Waals surface area contributed by atoms with E-state index in [9.17, 15) is 13.2 Å². The van der Waals surface area contributed by atoms with Gasteiger partial charge < -0.3 is 22.9 Å². The number of halogens is 3. The zero-order valence-corrected chi connectivity index (χ0v) is 7.81. The molecule has 0 aliphatic rings. The summed E-state index contributed by atoms with van der Waals surface area (Å²) in [5.41, 5.74) is 17.8. The van der Waals surface area contributed by atoms with Crippen molar-refractivity contribution in [1.29, 1.82) is 0 Å². The van der Waals surface area contributed by atoms with Crippen LogP contribution < -0.4 is 22.9 Å². The molecule has 0 saturated heterocycles. The lowest BCUT2D eigenvalue weighted by Crippen LogP contribution is -2.26. The minimum Gasteiger partial charge on any atom is -0.369 e. The average Bonchev–Trinajstić information content (AvgIpc) is 2.07. The van der Waals surface area contributed by atoms with E-state index in [4.69, 9.17) is 22.9 Å². The van der Waals surface area contributed by atoms with E-state index < -0.39 is 23.8 Å². The summed E-state index contributed by atoms with van der Waals surface area (Å²) < 4.78 is 36.6. The molecule has 0 aromatic heterocycles. The van der Waals surface area contributed by atoms with Crippen LogP contribution >= 0.6 is 0 Å². The summed E-state index contributed by atoms with van der Waals surface area (Å²) in [5, 5.41) is 11.4. The van der Waals surface area contributed by atoms with E-state index in [0.29, 0.717) is 0 Å². The topological polar surface area (TPSA) is 154 Å². The van der Waals surface area contributed by atoms with Crippen LogP contribution in [0.5, 0.6) is 0 Å². The lowest BCUT2D eigenvalue weighted by molar-refractivity contribution is -0.0566. The molecule has 0 atom stereocenters. The van der Waals surface area contributed by atoms with E-state index in [1.165, 1.54) is 0 Å². The third kappa shape index (κ3) is 6.17. The van der Waals surface area contributed by atoms with Crippen molar-refractivity contribution in [3.05, 3.63) is 0 Å². The number of nitrogens with zero attached hydrogens (tertiary/aromatic N) is 4. The Morgan fingerprint density at radius 3 is 1.75 bits per heavy atom. The molecular formula is C5H9F3N8. The highest BCUT2D eigenvalue weighted by Gasteiger charge is 2.35. The van der Waals surface area contributed by atoms with Gasteiger partial charge in [-0.3, -0.25) is 0 Å². The fourth-order valence-electron chi connectivity index (χ4n) is 0.418. The molecule has 0 bridgehead atoms. The minimum atomic E-state index is -4.78. The smallest absolute Gasteiger partial charge is 0.369 e. The highest BCUT2D eigenvalue weighted by molar-refractivity contribution is 6.33. The molecule has 8 nitrogen and oxygen atoms in total. The quantitative estimate of drug-likeness (QED) is 0.266. The highest BCUT2D eigenvalue weighted by Crippen LogP contribution is 2.16. The molecule has 8 N–H and O–H groups in total. The van der Waals surface area contributed by atoms with Crippen molar-refractivity contribution in [2.45, 2.75) is 6.18 Å². The first kappa shape index (κ1) is 13.7. The summed E-state index contributed by atoms with van der Waals surface area (Å²) in [6.07, 6.45) is -4.51. The van der Waals surface area contributed by atoms with Crippen LogP contribution in [0.2, 0.25) is 0 Å². The molecule has 90 valence electrons. The van der Waals surface area contributed by atoms with Gasteiger partial charge in [-0.1, -0.05) is 0 Å². The van der Waals surface area contributed by atoms with E-state index >= 15 is 0 Å². The van der Waals surface area contributed by atoms with Gasteiger partial charge in [0.05, 0.1) is 6.21 Å². The molecule has 0 heterocycles. The lowest BCUT2D eigenvalue weighted by Gasteiger charge is -2.02. The Hall–Kier alpha value is -2.33. The Labute approximate surface area is 87.6 Å². The number of hydrogen-bond acceptors (Lipinski definition) is 4. The van der Waals surface area contributed by atoms with Gasteiger partial charge in [-0.15, -0.1) is 15.3 Å². The van der Waals surface area contributed by atoms with Gasteiger partial charge in [0.15, 0.2) is 5.71 Å². The van der Waals surface area contributed by atoms with Gasteiger partial charge >= 0.3 is 6.18 Å². The molecule has 0 saturated carbocycles. The number of rotatable bonds is 3. The fourth-order valence-corrected chi connectivity index (χ4v) is 0.418. The maximum atomic E-state index is 12.2. The third-order valence-electron chi connectivity index (χ3n) is 0.917. The second-order valence-electron chi connectivity index (χ2n) is 2.28. The summed E-state index contributed by atoms with van der Waals surface area (Å²) >= 11 is 0. The highest BCUT2D eigenvalue weighted by atomic mass is 19.4. The van der Waals surface area contributed by atoms with Crippen molar-refractivity contribution in [2.75, 3.05) is 0 Å². The first-order valence-electron chi connectivity index (χ1n) is 3.59. The van der Waals surface area contributed by atoms with Crippen molar-refractivity contribution in [3.8, 4) is 0 Å². The molecule has 0 fully saturated rings. The minimum absolute atomic E-state index is 0.270. The zero-order chi connectivity index (χ0) is 12.8. The van der Waals surface area contributed by atoms with Crippen molar-refractivity contribution < 1.29 is 13.2 Å². The molecule has 0 aliphatic heterocycles. The van der Waals surface area contributed by atoms with Gasteiger partial charge in [0.25, 0.3) is 0 Å². The Balaban J connectivity index is 4.99. The number of nitrogens with two attached hydrogens (primary N) is 4. The van der Waals surface area contributed by atoms with Crippen LogP contribution in [-0.2, 0) is 0 Å². The number of hydrogen-bond donors (Lipinski definition) is 4. The van der Waals surface area contributed by atoms with Gasteiger partial charge in [0.1, 0.15) is 0 Å². The molecule has 11 heteroatoms. The largest absolute Gasteiger partial charge is 0.436 e. The maximum Gasteiger partial charge on any atom is 0.436 e. The predicted molar refractivity (Wildman–Crippen MR) is 53.6 cm³/mol. The van der Waals surface area contributed by atoms with Crippen LogP contribution in [0.25, 0.3) is 0 Å². The molecule has 0 rings (SSSR count). The second-order valence-corrected chi connectivity index (χ2v) is 2.28. The van der Waals surface area contributed by atoms with Crippen LogP contribution in [0.1, 0.15) is 0 Å². The Morgan fingerprint density at radius 2 is 1.38 bits per heavy atom. The van der Waals surface area contributed by atoms with E-state index in [-0.39, 0.29) is 6.21 Å². The van der Waals surface area contributed by atoms with E-state index in [1.54, 1.807) is 0 Å². The fraction of sp³-hybridized carbons (Fsp3) is 0.200. The van der Waals surface area contributed by atoms with Gasteiger partial charge in [-0.2, -0.15) is 18.3 Å². The van der Waals surface area contributed by atoms with Gasteiger partial charge in [-0.25, -0.2) is 0 Å².